The predicted molar refractivity (Wildman–Crippen MR) is 116 cm³/mol. The molecule has 1 aromatic carbocycles. The summed E-state index contributed by atoms with van der Waals surface area (Å²) in [5.74, 6) is 1.42. The molecule has 3 aromatic rings. The molecule has 1 saturated heterocycles. The van der Waals surface area contributed by atoms with Gasteiger partial charge in [-0.05, 0) is 19.5 Å². The Balaban J connectivity index is 1.69. The fourth-order valence-corrected chi connectivity index (χ4v) is 4.52. The number of hydrogen-bond donors (Lipinski definition) is 2. The smallest absolute Gasteiger partial charge is 0.251 e. The Labute approximate surface area is 176 Å². The maximum Gasteiger partial charge on any atom is 0.251 e. The van der Waals surface area contributed by atoms with E-state index in [0.29, 0.717) is 23.0 Å². The Morgan fingerprint density at radius 2 is 1.77 bits per heavy atom. The Morgan fingerprint density at radius 3 is 2.43 bits per heavy atom. The first-order valence-electron chi connectivity index (χ1n) is 9.77. The summed E-state index contributed by atoms with van der Waals surface area (Å²) in [5.41, 5.74) is 1.59. The molecule has 0 aliphatic carbocycles. The van der Waals surface area contributed by atoms with Gasteiger partial charge in [0.05, 0.1) is 5.75 Å². The third-order valence-corrected chi connectivity index (χ3v) is 6.41. The van der Waals surface area contributed by atoms with Crippen LogP contribution in [0.5, 0.6) is 0 Å². The van der Waals surface area contributed by atoms with Gasteiger partial charge < -0.3 is 15.1 Å². The maximum atomic E-state index is 13.1. The number of piperazine rings is 1. The van der Waals surface area contributed by atoms with Gasteiger partial charge in [-0.25, -0.2) is 18.4 Å². The number of aromatic amines is 1. The molecule has 0 atom stereocenters. The van der Waals surface area contributed by atoms with Gasteiger partial charge in [0.2, 0.25) is 9.84 Å². The summed E-state index contributed by atoms with van der Waals surface area (Å²) in [5, 5.41) is 9.93. The van der Waals surface area contributed by atoms with Crippen LogP contribution in [-0.4, -0.2) is 66.7 Å². The lowest BCUT2D eigenvalue weighted by atomic mass is 10.2. The van der Waals surface area contributed by atoms with Crippen LogP contribution in [0.15, 0.2) is 47.6 Å². The van der Waals surface area contributed by atoms with Crippen molar-refractivity contribution in [2.75, 3.05) is 43.4 Å². The van der Waals surface area contributed by atoms with Crippen LogP contribution in [0.1, 0.15) is 11.3 Å². The molecule has 10 heteroatoms. The Bertz CT molecular complexity index is 1110. The van der Waals surface area contributed by atoms with Crippen LogP contribution in [0.25, 0.3) is 0 Å². The minimum Gasteiger partial charge on any atom is -0.354 e. The molecule has 30 heavy (non-hydrogen) atoms. The lowest BCUT2D eigenvalue weighted by Crippen LogP contribution is -2.45. The summed E-state index contributed by atoms with van der Waals surface area (Å²) in [7, 11) is -1.65. The van der Waals surface area contributed by atoms with Crippen molar-refractivity contribution in [2.45, 2.75) is 17.8 Å². The number of likely N-dealkylation sites (N-methyl/N-ethyl adjacent to an activating group) is 1. The van der Waals surface area contributed by atoms with Gasteiger partial charge >= 0.3 is 0 Å². The highest BCUT2D eigenvalue weighted by atomic mass is 32.2. The van der Waals surface area contributed by atoms with Crippen molar-refractivity contribution in [3.05, 3.63) is 53.7 Å². The van der Waals surface area contributed by atoms with Gasteiger partial charge in [-0.2, -0.15) is 5.10 Å². The number of hydrogen-bond acceptors (Lipinski definition) is 8. The van der Waals surface area contributed by atoms with Gasteiger partial charge in [-0.3, -0.25) is 5.10 Å². The molecule has 3 heterocycles. The van der Waals surface area contributed by atoms with E-state index >= 15 is 0 Å². The van der Waals surface area contributed by atoms with Gasteiger partial charge in [0.25, 0.3) is 5.16 Å². The van der Waals surface area contributed by atoms with Gasteiger partial charge in [-0.15, -0.1) is 0 Å². The standard InChI is InChI=1S/C20H25N7O2S/c1-15-12-18(25-24-15)21-17-13-19(27-10-8-26(2)9-11-27)23-20(22-17)30(28,29)14-16-6-4-3-5-7-16/h3-7,12-13H,8-11,14H2,1-2H3,(H2,21,22,23,24,25). The molecule has 0 amide bonds. The average Bonchev–Trinajstić information content (AvgIpc) is 3.13. The first-order chi connectivity index (χ1) is 14.4. The van der Waals surface area contributed by atoms with Gasteiger partial charge in [-0.1, -0.05) is 30.3 Å². The van der Waals surface area contributed by atoms with Gasteiger partial charge in [0, 0.05) is 44.0 Å². The number of benzene rings is 1. The van der Waals surface area contributed by atoms with Crippen LogP contribution in [0.3, 0.4) is 0 Å². The van der Waals surface area contributed by atoms with Crippen LogP contribution in [0.4, 0.5) is 17.5 Å². The van der Waals surface area contributed by atoms with Crippen LogP contribution >= 0.6 is 0 Å². The van der Waals surface area contributed by atoms with Crippen LogP contribution in [0.2, 0.25) is 0 Å². The minimum absolute atomic E-state index is 0.152. The van der Waals surface area contributed by atoms with Crippen molar-refractivity contribution in [1.29, 1.82) is 0 Å². The van der Waals surface area contributed by atoms with Crippen molar-refractivity contribution in [3.8, 4) is 0 Å². The second kappa shape index (κ2) is 8.41. The van der Waals surface area contributed by atoms with Gasteiger partial charge in [0.1, 0.15) is 11.6 Å². The van der Waals surface area contributed by atoms with Crippen molar-refractivity contribution in [2.24, 2.45) is 0 Å². The molecule has 1 aliphatic heterocycles. The number of nitrogens with one attached hydrogen (secondary N) is 2. The molecule has 9 nitrogen and oxygen atoms in total. The molecule has 158 valence electrons. The molecular formula is C20H25N7O2S. The summed E-state index contributed by atoms with van der Waals surface area (Å²) in [4.78, 5) is 13.1. The highest BCUT2D eigenvalue weighted by molar-refractivity contribution is 7.90. The number of sulfone groups is 1. The number of rotatable bonds is 6. The summed E-state index contributed by atoms with van der Waals surface area (Å²) in [6, 6.07) is 12.7. The molecular weight excluding hydrogens is 402 g/mol. The van der Waals surface area contributed by atoms with Crippen molar-refractivity contribution in [3.63, 3.8) is 0 Å². The van der Waals surface area contributed by atoms with Crippen molar-refractivity contribution >= 4 is 27.3 Å². The number of aryl methyl sites for hydroxylation is 1. The minimum atomic E-state index is -3.72. The molecule has 0 bridgehead atoms. The monoisotopic (exact) mass is 427 g/mol. The Hall–Kier alpha value is -2.98. The first kappa shape index (κ1) is 20.3. The summed E-state index contributed by atoms with van der Waals surface area (Å²) < 4.78 is 26.2. The van der Waals surface area contributed by atoms with Crippen LogP contribution < -0.4 is 10.2 Å². The summed E-state index contributed by atoms with van der Waals surface area (Å²) in [6.45, 7) is 5.21. The zero-order valence-corrected chi connectivity index (χ0v) is 17.9. The van der Waals surface area contributed by atoms with Crippen molar-refractivity contribution in [1.82, 2.24) is 25.1 Å². The van der Waals surface area contributed by atoms with Crippen molar-refractivity contribution < 1.29 is 8.42 Å². The molecule has 0 unspecified atom stereocenters. The molecule has 1 fully saturated rings. The Kier molecular flexibility index (Phi) is 5.69. The molecule has 2 N–H and O–H groups in total. The summed E-state index contributed by atoms with van der Waals surface area (Å²) >= 11 is 0. The average molecular weight is 428 g/mol. The second-order valence-electron chi connectivity index (χ2n) is 7.49. The molecule has 0 radical (unpaired) electrons. The molecule has 2 aromatic heterocycles. The lowest BCUT2D eigenvalue weighted by Gasteiger charge is -2.33. The molecule has 4 rings (SSSR count). The lowest BCUT2D eigenvalue weighted by molar-refractivity contribution is 0.312. The van der Waals surface area contributed by atoms with E-state index in [9.17, 15) is 8.42 Å². The third kappa shape index (κ3) is 4.77. The van der Waals surface area contributed by atoms with E-state index < -0.39 is 9.84 Å². The number of H-pyrrole nitrogens is 1. The first-order valence-corrected chi connectivity index (χ1v) is 11.4. The van der Waals surface area contributed by atoms with E-state index in [1.807, 2.05) is 31.2 Å². The third-order valence-electron chi connectivity index (χ3n) is 4.96. The fourth-order valence-electron chi connectivity index (χ4n) is 3.29. The summed E-state index contributed by atoms with van der Waals surface area (Å²) in [6.07, 6.45) is 0. The number of nitrogens with zero attached hydrogens (tertiary/aromatic N) is 5. The SMILES string of the molecule is Cc1cc(Nc2cc(N3CCN(C)CC3)nc(S(=O)(=O)Cc3ccccc3)n2)n[nH]1. The van der Waals surface area contributed by atoms with E-state index in [1.165, 1.54) is 0 Å². The number of anilines is 3. The largest absolute Gasteiger partial charge is 0.354 e. The molecule has 0 saturated carbocycles. The quantitative estimate of drug-likeness (QED) is 0.575. The zero-order valence-electron chi connectivity index (χ0n) is 17.0. The normalized spacial score (nSPS) is 15.3. The van der Waals surface area contributed by atoms with E-state index in [1.54, 1.807) is 18.2 Å². The van der Waals surface area contributed by atoms with Gasteiger partial charge in [0.15, 0.2) is 5.82 Å². The van der Waals surface area contributed by atoms with Crippen LogP contribution in [0, 0.1) is 6.92 Å². The topological polar surface area (TPSA) is 107 Å². The molecule has 0 spiro atoms. The van der Waals surface area contributed by atoms with Crippen LogP contribution in [-0.2, 0) is 15.6 Å². The zero-order chi connectivity index (χ0) is 21.1. The highest BCUT2D eigenvalue weighted by Gasteiger charge is 2.24. The second-order valence-corrected chi connectivity index (χ2v) is 9.37. The van der Waals surface area contributed by atoms with E-state index in [0.717, 1.165) is 31.9 Å². The molecule has 1 aliphatic rings. The highest BCUT2D eigenvalue weighted by Crippen LogP contribution is 2.23. The Morgan fingerprint density at radius 1 is 1.03 bits per heavy atom. The van der Waals surface area contributed by atoms with E-state index in [4.69, 9.17) is 0 Å². The van der Waals surface area contributed by atoms with E-state index in [2.05, 4.69) is 42.3 Å². The van der Waals surface area contributed by atoms with E-state index in [-0.39, 0.29) is 10.9 Å². The number of aromatic nitrogens is 4. The maximum absolute atomic E-state index is 13.1. The predicted octanol–water partition coefficient (Wildman–Crippen LogP) is 1.98. The fraction of sp³-hybridized carbons (Fsp3) is 0.350.